The SMILES string of the molecule is CC(C)(Cc1ccccc1)C(=O)SCCCCCCC(N)=O.[HH]. The molecule has 0 aromatic heterocycles. The molecule has 0 aliphatic carbocycles. The second-order valence-corrected chi connectivity index (χ2v) is 7.38. The summed E-state index contributed by atoms with van der Waals surface area (Å²) in [6, 6.07) is 10.1. The molecular formula is C18H29NO2S. The predicted molar refractivity (Wildman–Crippen MR) is 95.8 cm³/mol. The van der Waals surface area contributed by atoms with Crippen LogP contribution in [0.15, 0.2) is 30.3 Å². The zero-order valence-electron chi connectivity index (χ0n) is 13.6. The van der Waals surface area contributed by atoms with Crippen LogP contribution in [0.25, 0.3) is 0 Å². The van der Waals surface area contributed by atoms with Crippen molar-refractivity contribution in [2.75, 3.05) is 5.75 Å². The summed E-state index contributed by atoms with van der Waals surface area (Å²) in [6.07, 6.45) is 5.16. The van der Waals surface area contributed by atoms with Gasteiger partial charge >= 0.3 is 0 Å². The summed E-state index contributed by atoms with van der Waals surface area (Å²) < 4.78 is 0. The van der Waals surface area contributed by atoms with E-state index in [0.29, 0.717) is 6.42 Å². The van der Waals surface area contributed by atoms with E-state index in [1.54, 1.807) is 0 Å². The van der Waals surface area contributed by atoms with Crippen LogP contribution in [0.4, 0.5) is 0 Å². The zero-order chi connectivity index (χ0) is 16.4. The number of carbonyl (C=O) groups is 2. The summed E-state index contributed by atoms with van der Waals surface area (Å²) in [5.74, 6) is 0.625. The Labute approximate surface area is 139 Å². The minimum Gasteiger partial charge on any atom is -0.370 e. The molecule has 0 bridgehead atoms. The molecule has 0 aliphatic rings. The first-order valence-corrected chi connectivity index (χ1v) is 8.90. The molecule has 0 saturated carbocycles. The molecule has 0 fully saturated rings. The molecule has 1 aromatic carbocycles. The van der Waals surface area contributed by atoms with Crippen molar-refractivity contribution in [3.05, 3.63) is 35.9 Å². The molecule has 1 amide bonds. The van der Waals surface area contributed by atoms with E-state index in [2.05, 4.69) is 12.1 Å². The Bertz CT molecular complexity index is 477. The van der Waals surface area contributed by atoms with Crippen LogP contribution in [0.1, 0.15) is 52.9 Å². The van der Waals surface area contributed by atoms with Crippen molar-refractivity contribution in [1.29, 1.82) is 0 Å². The number of hydrogen-bond acceptors (Lipinski definition) is 3. The van der Waals surface area contributed by atoms with Gasteiger partial charge in [-0.25, -0.2) is 0 Å². The second kappa shape index (κ2) is 9.67. The summed E-state index contributed by atoms with van der Waals surface area (Å²) in [6.45, 7) is 4.03. The van der Waals surface area contributed by atoms with Gasteiger partial charge in [-0.2, -0.15) is 0 Å². The third-order valence-electron chi connectivity index (χ3n) is 3.59. The maximum Gasteiger partial charge on any atom is 0.217 e. The molecule has 1 rings (SSSR count). The maximum absolute atomic E-state index is 12.3. The van der Waals surface area contributed by atoms with E-state index in [1.807, 2.05) is 32.0 Å². The smallest absolute Gasteiger partial charge is 0.217 e. The molecule has 2 N–H and O–H groups in total. The average Bonchev–Trinajstić information content (AvgIpc) is 2.46. The fourth-order valence-corrected chi connectivity index (χ4v) is 3.29. The van der Waals surface area contributed by atoms with E-state index in [-0.39, 0.29) is 17.9 Å². The molecule has 0 radical (unpaired) electrons. The second-order valence-electron chi connectivity index (χ2n) is 6.31. The molecule has 0 atom stereocenters. The van der Waals surface area contributed by atoms with Crippen LogP contribution in [0.2, 0.25) is 0 Å². The van der Waals surface area contributed by atoms with Crippen LogP contribution in [0.3, 0.4) is 0 Å². The molecule has 0 unspecified atom stereocenters. The maximum atomic E-state index is 12.3. The lowest BCUT2D eigenvalue weighted by atomic mass is 9.87. The molecule has 0 spiro atoms. The Hall–Kier alpha value is -1.29. The summed E-state index contributed by atoms with van der Waals surface area (Å²) >= 11 is 1.44. The van der Waals surface area contributed by atoms with E-state index >= 15 is 0 Å². The molecule has 0 aliphatic heterocycles. The van der Waals surface area contributed by atoms with Crippen molar-refractivity contribution in [1.82, 2.24) is 0 Å². The zero-order valence-corrected chi connectivity index (χ0v) is 14.5. The van der Waals surface area contributed by atoms with Crippen LogP contribution < -0.4 is 5.73 Å². The van der Waals surface area contributed by atoms with E-state index in [4.69, 9.17) is 5.73 Å². The topological polar surface area (TPSA) is 60.2 Å². The number of unbranched alkanes of at least 4 members (excludes halogenated alkanes) is 3. The van der Waals surface area contributed by atoms with Gasteiger partial charge in [0.05, 0.1) is 0 Å². The van der Waals surface area contributed by atoms with Crippen molar-refractivity contribution in [3.63, 3.8) is 0 Å². The monoisotopic (exact) mass is 323 g/mol. The van der Waals surface area contributed by atoms with Crippen LogP contribution in [0, 0.1) is 5.41 Å². The number of carbonyl (C=O) groups excluding carboxylic acids is 2. The largest absolute Gasteiger partial charge is 0.370 e. The number of nitrogens with two attached hydrogens (primary N) is 1. The standard InChI is InChI=1S/C18H27NO2S.H2/c1-18(2,14-15-10-6-5-7-11-15)17(21)22-13-9-4-3-8-12-16(19)20;/h5-7,10-11H,3-4,8-9,12-14H2,1-2H3,(H2,19,20);1H. The van der Waals surface area contributed by atoms with Crippen molar-refractivity contribution in [2.45, 2.75) is 52.4 Å². The van der Waals surface area contributed by atoms with Crippen LogP contribution in [-0.4, -0.2) is 16.8 Å². The van der Waals surface area contributed by atoms with E-state index in [9.17, 15) is 9.59 Å². The third-order valence-corrected chi connectivity index (χ3v) is 4.90. The van der Waals surface area contributed by atoms with Crippen LogP contribution in [-0.2, 0) is 16.0 Å². The number of rotatable bonds is 10. The highest BCUT2D eigenvalue weighted by Gasteiger charge is 2.27. The summed E-state index contributed by atoms with van der Waals surface area (Å²) in [5.41, 5.74) is 5.96. The molecule has 3 nitrogen and oxygen atoms in total. The van der Waals surface area contributed by atoms with Crippen molar-refractivity contribution in [3.8, 4) is 0 Å². The normalized spacial score (nSPS) is 11.4. The molecule has 1 aromatic rings. The lowest BCUT2D eigenvalue weighted by Crippen LogP contribution is -2.24. The van der Waals surface area contributed by atoms with Crippen molar-refractivity contribution < 1.29 is 11.0 Å². The van der Waals surface area contributed by atoms with Gasteiger partial charge in [0.2, 0.25) is 5.91 Å². The minimum atomic E-state index is -0.335. The predicted octanol–water partition coefficient (Wildman–Crippen LogP) is 4.20. The number of thioether (sulfide) groups is 1. The van der Waals surface area contributed by atoms with Gasteiger partial charge < -0.3 is 5.73 Å². The van der Waals surface area contributed by atoms with Gasteiger partial charge in [0, 0.05) is 19.0 Å². The highest BCUT2D eigenvalue weighted by molar-refractivity contribution is 8.13. The quantitative estimate of drug-likeness (QED) is 0.657. The Balaban J connectivity index is 0.00000484. The Kier molecular flexibility index (Phi) is 8.25. The Morgan fingerprint density at radius 2 is 1.73 bits per heavy atom. The number of benzene rings is 1. The first-order chi connectivity index (χ1) is 10.4. The number of primary amides is 1. The Morgan fingerprint density at radius 3 is 2.36 bits per heavy atom. The highest BCUT2D eigenvalue weighted by atomic mass is 32.2. The van der Waals surface area contributed by atoms with Crippen LogP contribution in [0.5, 0.6) is 0 Å². The van der Waals surface area contributed by atoms with Crippen LogP contribution >= 0.6 is 11.8 Å². The molecule has 124 valence electrons. The highest BCUT2D eigenvalue weighted by Crippen LogP contribution is 2.29. The lowest BCUT2D eigenvalue weighted by Gasteiger charge is -2.22. The van der Waals surface area contributed by atoms with Gasteiger partial charge in [0.15, 0.2) is 5.12 Å². The lowest BCUT2D eigenvalue weighted by molar-refractivity contribution is -0.118. The number of amides is 1. The fourth-order valence-electron chi connectivity index (χ4n) is 2.29. The average molecular weight is 324 g/mol. The summed E-state index contributed by atoms with van der Waals surface area (Å²) in [4.78, 5) is 23.0. The number of hydrogen-bond donors (Lipinski definition) is 1. The van der Waals surface area contributed by atoms with Gasteiger partial charge in [-0.1, -0.05) is 68.8 Å². The van der Waals surface area contributed by atoms with Crippen molar-refractivity contribution >= 4 is 22.8 Å². The van der Waals surface area contributed by atoms with Crippen molar-refractivity contribution in [2.24, 2.45) is 11.1 Å². The van der Waals surface area contributed by atoms with Gasteiger partial charge in [0.25, 0.3) is 0 Å². The van der Waals surface area contributed by atoms with Gasteiger partial charge in [-0.15, -0.1) is 0 Å². The minimum absolute atomic E-state index is 0. The first kappa shape index (κ1) is 18.8. The third kappa shape index (κ3) is 7.64. The molecule has 0 saturated heterocycles. The molecule has 0 heterocycles. The van der Waals surface area contributed by atoms with Gasteiger partial charge in [0.1, 0.15) is 0 Å². The van der Waals surface area contributed by atoms with Gasteiger partial charge in [-0.3, -0.25) is 9.59 Å². The molecule has 4 heteroatoms. The molecule has 22 heavy (non-hydrogen) atoms. The van der Waals surface area contributed by atoms with E-state index < -0.39 is 0 Å². The van der Waals surface area contributed by atoms with Gasteiger partial charge in [-0.05, 0) is 24.8 Å². The molecular weight excluding hydrogens is 294 g/mol. The Morgan fingerprint density at radius 1 is 1.09 bits per heavy atom. The van der Waals surface area contributed by atoms with E-state index in [1.165, 1.54) is 17.3 Å². The van der Waals surface area contributed by atoms with E-state index in [0.717, 1.165) is 37.9 Å². The summed E-state index contributed by atoms with van der Waals surface area (Å²) in [7, 11) is 0. The first-order valence-electron chi connectivity index (χ1n) is 7.91. The summed E-state index contributed by atoms with van der Waals surface area (Å²) in [5, 5.41) is 0.258. The fraction of sp³-hybridized carbons (Fsp3) is 0.556.